The van der Waals surface area contributed by atoms with Crippen molar-refractivity contribution in [1.29, 1.82) is 0 Å². The Labute approximate surface area is 88.3 Å². The number of aldehydes is 1. The van der Waals surface area contributed by atoms with Crippen LogP contribution in [0.1, 0.15) is 15.9 Å². The van der Waals surface area contributed by atoms with Crippen molar-refractivity contribution in [2.45, 2.75) is 6.92 Å². The molecule has 0 bridgehead atoms. The van der Waals surface area contributed by atoms with Gasteiger partial charge in [0.2, 0.25) is 0 Å². The number of carbonyl (C=O) groups is 1. The van der Waals surface area contributed by atoms with E-state index in [2.05, 4.69) is 4.74 Å². The number of methoxy groups -OCH3 is 1. The molecule has 0 spiro atoms. The first-order valence-corrected chi connectivity index (χ1v) is 4.29. The number of rotatable bonds is 1. The van der Waals surface area contributed by atoms with Gasteiger partial charge in [0.25, 0.3) is 0 Å². The van der Waals surface area contributed by atoms with E-state index in [9.17, 15) is 4.79 Å². The molecule has 0 atom stereocenters. The van der Waals surface area contributed by atoms with Crippen LogP contribution in [0.25, 0.3) is 0 Å². The van der Waals surface area contributed by atoms with Crippen LogP contribution >= 0.6 is 11.6 Å². The lowest BCUT2D eigenvalue weighted by molar-refractivity contribution is 0.112. The number of carbonyl (C=O) groups excluding carboxylic acids is 1. The summed E-state index contributed by atoms with van der Waals surface area (Å²) in [5, 5.41) is 9.62. The molecule has 0 heterocycles. The lowest BCUT2D eigenvalue weighted by atomic mass is 10.1. The fraction of sp³-hybridized carbons (Fsp3) is 0.300. The number of benzene rings is 1. The van der Waals surface area contributed by atoms with Crippen molar-refractivity contribution in [2.24, 2.45) is 0 Å². The molecule has 0 aliphatic carbocycles. The van der Waals surface area contributed by atoms with Gasteiger partial charge in [-0.05, 0) is 24.6 Å². The third-order valence-corrected chi connectivity index (χ3v) is 1.84. The van der Waals surface area contributed by atoms with Gasteiger partial charge in [-0.2, -0.15) is 0 Å². The first-order chi connectivity index (χ1) is 6.56. The summed E-state index contributed by atoms with van der Waals surface area (Å²) in [5.74, 6) is -0.0260. The fourth-order valence-corrected chi connectivity index (χ4v) is 0.948. The number of aromatic hydroxyl groups is 1. The standard InChI is InChI=1S/C8H7ClO2.C2H6O/c1-5-2-8(11)6(4-10)3-7(5)9;1-3-2/h2-4,11H,1H3;1-2H3. The quantitative estimate of drug-likeness (QED) is 0.734. The van der Waals surface area contributed by atoms with Gasteiger partial charge in [0, 0.05) is 19.2 Å². The predicted molar refractivity (Wildman–Crippen MR) is 56.2 cm³/mol. The summed E-state index contributed by atoms with van der Waals surface area (Å²) in [6.45, 7) is 1.76. The molecule has 0 saturated carbocycles. The Morgan fingerprint density at radius 3 is 2.36 bits per heavy atom. The van der Waals surface area contributed by atoms with Crippen molar-refractivity contribution in [2.75, 3.05) is 14.2 Å². The average molecular weight is 217 g/mol. The Morgan fingerprint density at radius 2 is 1.93 bits per heavy atom. The molecule has 1 aromatic carbocycles. The van der Waals surface area contributed by atoms with E-state index in [1.165, 1.54) is 12.1 Å². The molecule has 0 saturated heterocycles. The molecule has 1 aromatic rings. The molecule has 0 aromatic heterocycles. The monoisotopic (exact) mass is 216 g/mol. The molecule has 0 aliphatic rings. The number of phenols is 1. The second-order valence-corrected chi connectivity index (χ2v) is 3.09. The van der Waals surface area contributed by atoms with E-state index in [0.29, 0.717) is 11.3 Å². The van der Waals surface area contributed by atoms with Crippen molar-refractivity contribution in [1.82, 2.24) is 0 Å². The molecule has 4 heteroatoms. The Morgan fingerprint density at radius 1 is 1.43 bits per heavy atom. The van der Waals surface area contributed by atoms with Crippen LogP contribution < -0.4 is 0 Å². The Kier molecular flexibility index (Phi) is 5.92. The van der Waals surface area contributed by atoms with Crippen LogP contribution in [0.2, 0.25) is 5.02 Å². The third kappa shape index (κ3) is 3.77. The normalized spacial score (nSPS) is 8.86. The molecule has 0 fully saturated rings. The van der Waals surface area contributed by atoms with Crippen LogP contribution in [-0.2, 0) is 4.74 Å². The van der Waals surface area contributed by atoms with E-state index >= 15 is 0 Å². The Bertz CT molecular complexity index is 310. The highest BCUT2D eigenvalue weighted by molar-refractivity contribution is 6.31. The second-order valence-electron chi connectivity index (χ2n) is 2.69. The van der Waals surface area contributed by atoms with Crippen molar-refractivity contribution >= 4 is 17.9 Å². The van der Waals surface area contributed by atoms with Gasteiger partial charge >= 0.3 is 0 Å². The lowest BCUT2D eigenvalue weighted by Crippen LogP contribution is -1.83. The molecule has 78 valence electrons. The average Bonchev–Trinajstić information content (AvgIpc) is 2.12. The SMILES string of the molecule is COC.Cc1cc(O)c(C=O)cc1Cl. The van der Waals surface area contributed by atoms with Crippen LogP contribution in [-0.4, -0.2) is 25.6 Å². The lowest BCUT2D eigenvalue weighted by Gasteiger charge is -2.00. The van der Waals surface area contributed by atoms with Crippen LogP contribution in [0.5, 0.6) is 5.75 Å². The van der Waals surface area contributed by atoms with Gasteiger partial charge < -0.3 is 9.84 Å². The van der Waals surface area contributed by atoms with E-state index in [1.54, 1.807) is 21.1 Å². The summed E-state index contributed by atoms with van der Waals surface area (Å²) in [6, 6.07) is 2.91. The van der Waals surface area contributed by atoms with Gasteiger partial charge in [-0.1, -0.05) is 11.6 Å². The molecule has 0 unspecified atom stereocenters. The minimum atomic E-state index is -0.0260. The molecule has 0 radical (unpaired) electrons. The van der Waals surface area contributed by atoms with E-state index in [4.69, 9.17) is 16.7 Å². The summed E-state index contributed by atoms with van der Waals surface area (Å²) in [6.07, 6.45) is 0.570. The molecular formula is C10H13ClO3. The summed E-state index contributed by atoms with van der Waals surface area (Å²) in [5.41, 5.74) is 0.982. The molecule has 1 rings (SSSR count). The summed E-state index contributed by atoms with van der Waals surface area (Å²) in [7, 11) is 3.25. The largest absolute Gasteiger partial charge is 0.507 e. The van der Waals surface area contributed by atoms with Crippen LogP contribution in [0.4, 0.5) is 0 Å². The molecule has 3 nitrogen and oxygen atoms in total. The van der Waals surface area contributed by atoms with Crippen molar-refractivity contribution in [3.63, 3.8) is 0 Å². The Hall–Kier alpha value is -1.06. The molecule has 0 amide bonds. The third-order valence-electron chi connectivity index (χ3n) is 1.43. The minimum Gasteiger partial charge on any atom is -0.507 e. The van der Waals surface area contributed by atoms with E-state index in [-0.39, 0.29) is 11.3 Å². The van der Waals surface area contributed by atoms with Crippen LogP contribution in [0.3, 0.4) is 0 Å². The Balaban J connectivity index is 0.000000500. The first kappa shape index (κ1) is 12.9. The molecular weight excluding hydrogens is 204 g/mol. The number of hydrogen-bond donors (Lipinski definition) is 1. The summed E-state index contributed by atoms with van der Waals surface area (Å²) >= 11 is 5.69. The maximum Gasteiger partial charge on any atom is 0.153 e. The van der Waals surface area contributed by atoms with Crippen molar-refractivity contribution in [3.8, 4) is 5.75 Å². The highest BCUT2D eigenvalue weighted by Gasteiger charge is 2.02. The van der Waals surface area contributed by atoms with Gasteiger partial charge in [-0.15, -0.1) is 0 Å². The molecule has 1 N–H and O–H groups in total. The van der Waals surface area contributed by atoms with Gasteiger partial charge in [0.1, 0.15) is 5.75 Å². The maximum absolute atomic E-state index is 10.3. The number of hydrogen-bond acceptors (Lipinski definition) is 3. The van der Waals surface area contributed by atoms with E-state index in [0.717, 1.165) is 5.56 Å². The first-order valence-electron chi connectivity index (χ1n) is 3.91. The van der Waals surface area contributed by atoms with E-state index in [1.807, 2.05) is 0 Å². The minimum absolute atomic E-state index is 0.0260. The van der Waals surface area contributed by atoms with Crippen LogP contribution in [0.15, 0.2) is 12.1 Å². The number of halogens is 1. The zero-order valence-corrected chi connectivity index (χ0v) is 9.13. The topological polar surface area (TPSA) is 46.5 Å². The smallest absolute Gasteiger partial charge is 0.153 e. The van der Waals surface area contributed by atoms with E-state index < -0.39 is 0 Å². The van der Waals surface area contributed by atoms with Gasteiger partial charge in [0.05, 0.1) is 5.56 Å². The zero-order chi connectivity index (χ0) is 11.1. The summed E-state index contributed by atoms with van der Waals surface area (Å²) in [4.78, 5) is 10.3. The second kappa shape index (κ2) is 6.40. The van der Waals surface area contributed by atoms with Crippen molar-refractivity contribution in [3.05, 3.63) is 28.3 Å². The summed E-state index contributed by atoms with van der Waals surface area (Å²) < 4.78 is 4.25. The van der Waals surface area contributed by atoms with Gasteiger partial charge in [0.15, 0.2) is 6.29 Å². The number of phenolic OH excluding ortho intramolecular Hbond substituents is 1. The number of ether oxygens (including phenoxy) is 1. The zero-order valence-electron chi connectivity index (χ0n) is 8.37. The fourth-order valence-electron chi connectivity index (χ4n) is 0.776. The van der Waals surface area contributed by atoms with Gasteiger partial charge in [-0.25, -0.2) is 0 Å². The molecule has 14 heavy (non-hydrogen) atoms. The highest BCUT2D eigenvalue weighted by Crippen LogP contribution is 2.23. The highest BCUT2D eigenvalue weighted by atomic mass is 35.5. The predicted octanol–water partition coefficient (Wildman–Crippen LogP) is 2.43. The van der Waals surface area contributed by atoms with Crippen LogP contribution in [0, 0.1) is 6.92 Å². The van der Waals surface area contributed by atoms with Crippen molar-refractivity contribution < 1.29 is 14.6 Å². The molecule has 0 aliphatic heterocycles. The maximum atomic E-state index is 10.3. The van der Waals surface area contributed by atoms with Gasteiger partial charge in [-0.3, -0.25) is 4.79 Å². The number of aryl methyl sites for hydroxylation is 1.